The van der Waals surface area contributed by atoms with Crippen LogP contribution in [0.25, 0.3) is 0 Å². The van der Waals surface area contributed by atoms with Gasteiger partial charge in [-0.25, -0.2) is 4.39 Å². The lowest BCUT2D eigenvalue weighted by atomic mass is 10.2. The first-order valence-corrected chi connectivity index (χ1v) is 9.29. The van der Waals surface area contributed by atoms with Crippen LogP contribution in [-0.4, -0.2) is 28.7 Å². The van der Waals surface area contributed by atoms with E-state index in [-0.39, 0.29) is 39.8 Å². The number of alkyl halides is 3. The van der Waals surface area contributed by atoms with Gasteiger partial charge in [-0.05, 0) is 30.4 Å². The summed E-state index contributed by atoms with van der Waals surface area (Å²) in [6.07, 6.45) is 2.87. The number of benzene rings is 1. The Hall–Kier alpha value is -0.310. The van der Waals surface area contributed by atoms with E-state index in [2.05, 4.69) is 0 Å². The Morgan fingerprint density at radius 3 is 2.55 bits per heavy atom. The fraction of sp³-hybridized carbons (Fsp3) is 0.538. The van der Waals surface area contributed by atoms with E-state index in [9.17, 15) is 22.1 Å². The molecule has 0 aliphatic rings. The molecule has 1 aromatic rings. The molecule has 0 radical (unpaired) electrons. The lowest BCUT2D eigenvalue weighted by Gasteiger charge is -2.11. The van der Waals surface area contributed by atoms with Crippen LogP contribution in [0.2, 0.25) is 5.02 Å². The Kier molecular flexibility index (Phi) is 8.16. The summed E-state index contributed by atoms with van der Waals surface area (Å²) in [5.74, 6) is -0.719. The van der Waals surface area contributed by atoms with Gasteiger partial charge in [-0.15, -0.1) is 0 Å². The van der Waals surface area contributed by atoms with E-state index < -0.39 is 22.5 Å². The third kappa shape index (κ3) is 7.30. The quantitative estimate of drug-likeness (QED) is 0.362. The third-order valence-electron chi connectivity index (χ3n) is 2.61. The maximum atomic E-state index is 13.6. The summed E-state index contributed by atoms with van der Waals surface area (Å²) in [4.78, 5) is 0.277. The molecule has 0 saturated heterocycles. The summed E-state index contributed by atoms with van der Waals surface area (Å²) in [5, 5.41) is 0.0647. The number of rotatable bonds is 8. The van der Waals surface area contributed by atoms with Crippen molar-refractivity contribution in [3.05, 3.63) is 23.0 Å². The van der Waals surface area contributed by atoms with Gasteiger partial charge in [0.2, 0.25) is 0 Å². The molecule has 0 aromatic heterocycles. The highest BCUT2D eigenvalue weighted by molar-refractivity contribution is 8.00. The molecule has 0 aliphatic carbocycles. The minimum atomic E-state index is -4.20. The highest BCUT2D eigenvalue weighted by Gasteiger charge is 2.27. The standard InChI is InChI=1S/C13H15ClF4O2S2/c1-22(19)12-8-11(10(15)7-9(12)14)20-5-3-2-4-6-21-13(16,17)18/h7-8H,2-6H2,1H3. The summed E-state index contributed by atoms with van der Waals surface area (Å²) in [5.41, 5.74) is -4.20. The van der Waals surface area contributed by atoms with E-state index in [1.165, 1.54) is 12.3 Å². The molecule has 1 aromatic carbocycles. The van der Waals surface area contributed by atoms with Crippen LogP contribution in [-0.2, 0) is 11.2 Å². The van der Waals surface area contributed by atoms with E-state index in [1.54, 1.807) is 0 Å². The molecular formula is C13H15ClF4O2S2. The molecule has 0 spiro atoms. The van der Waals surface area contributed by atoms with Gasteiger partial charge >= 0.3 is 5.51 Å². The molecule has 0 saturated carbocycles. The van der Waals surface area contributed by atoms with Gasteiger partial charge in [0.05, 0.1) is 11.6 Å². The highest BCUT2D eigenvalue weighted by Crippen LogP contribution is 2.31. The molecule has 0 N–H and O–H groups in total. The average Bonchev–Trinajstić information content (AvgIpc) is 2.38. The number of ether oxygens (including phenoxy) is 1. The van der Waals surface area contributed by atoms with Crippen molar-refractivity contribution < 1.29 is 26.9 Å². The van der Waals surface area contributed by atoms with Crippen LogP contribution in [0.4, 0.5) is 17.6 Å². The third-order valence-corrected chi connectivity index (χ3v) is 4.81. The first-order valence-electron chi connectivity index (χ1n) is 6.36. The molecule has 1 unspecified atom stereocenters. The van der Waals surface area contributed by atoms with Gasteiger partial charge in [-0.3, -0.25) is 0 Å². The first-order chi connectivity index (χ1) is 10.2. The summed E-state index contributed by atoms with van der Waals surface area (Å²) in [7, 11) is 0. The number of hydrogen-bond donors (Lipinski definition) is 0. The Morgan fingerprint density at radius 1 is 1.27 bits per heavy atom. The van der Waals surface area contributed by atoms with Crippen molar-refractivity contribution in [2.45, 2.75) is 29.7 Å². The topological polar surface area (TPSA) is 32.3 Å². The zero-order valence-corrected chi connectivity index (χ0v) is 14.1. The minimum absolute atomic E-state index is 0.00221. The monoisotopic (exact) mass is 378 g/mol. The van der Waals surface area contributed by atoms with Gasteiger partial charge in [-0.1, -0.05) is 23.4 Å². The smallest absolute Gasteiger partial charge is 0.441 e. The molecule has 1 rings (SSSR count). The summed E-state index contributed by atoms with van der Waals surface area (Å²) < 4.78 is 65.9. The molecule has 0 heterocycles. The van der Waals surface area contributed by atoms with E-state index in [0.29, 0.717) is 19.3 Å². The normalized spacial score (nSPS) is 13.2. The number of hydrogen-bond acceptors (Lipinski definition) is 3. The van der Waals surface area contributed by atoms with Crippen LogP contribution in [0.15, 0.2) is 17.0 Å². The molecule has 0 bridgehead atoms. The summed E-state index contributed by atoms with van der Waals surface area (Å²) >= 11 is 4.35. The van der Waals surface area contributed by atoms with Crippen molar-refractivity contribution in [2.75, 3.05) is 18.6 Å². The molecular weight excluding hydrogens is 364 g/mol. The van der Waals surface area contributed by atoms with Crippen LogP contribution in [0, 0.1) is 5.82 Å². The second kappa shape index (κ2) is 9.10. The van der Waals surface area contributed by atoms with Crippen LogP contribution in [0.5, 0.6) is 5.75 Å². The van der Waals surface area contributed by atoms with Crippen molar-refractivity contribution >= 4 is 34.5 Å². The lowest BCUT2D eigenvalue weighted by molar-refractivity contribution is -0.0328. The molecule has 0 aliphatic heterocycles. The second-order valence-electron chi connectivity index (χ2n) is 4.37. The second-order valence-corrected chi connectivity index (χ2v) is 7.29. The molecule has 126 valence electrons. The van der Waals surface area contributed by atoms with Gasteiger partial charge < -0.3 is 9.29 Å². The van der Waals surface area contributed by atoms with Gasteiger partial charge in [0.1, 0.15) is 6.26 Å². The Morgan fingerprint density at radius 2 is 1.95 bits per heavy atom. The van der Waals surface area contributed by atoms with Crippen LogP contribution < -0.4 is 4.74 Å². The lowest BCUT2D eigenvalue weighted by Crippen LogP contribution is -2.04. The van der Waals surface area contributed by atoms with Gasteiger partial charge in [0, 0.05) is 17.9 Å². The molecule has 1 atom stereocenters. The SMILES string of the molecule is C[S+]([O-])c1cc(OCCCCCSC(F)(F)F)c(F)cc1Cl. The molecule has 2 nitrogen and oxygen atoms in total. The largest absolute Gasteiger partial charge is 0.612 e. The zero-order valence-electron chi connectivity index (χ0n) is 11.7. The van der Waals surface area contributed by atoms with Crippen molar-refractivity contribution in [1.29, 1.82) is 0 Å². The van der Waals surface area contributed by atoms with Crippen LogP contribution in [0.1, 0.15) is 19.3 Å². The van der Waals surface area contributed by atoms with Gasteiger partial charge in [0.15, 0.2) is 16.5 Å². The predicted octanol–water partition coefficient (Wildman–Crippen LogP) is 5.02. The van der Waals surface area contributed by atoms with Gasteiger partial charge in [-0.2, -0.15) is 13.2 Å². The van der Waals surface area contributed by atoms with Crippen LogP contribution in [0.3, 0.4) is 0 Å². The van der Waals surface area contributed by atoms with Crippen molar-refractivity contribution in [1.82, 2.24) is 0 Å². The summed E-state index contributed by atoms with van der Waals surface area (Å²) in [6, 6.07) is 2.32. The Bertz CT molecular complexity index is 484. The van der Waals surface area contributed by atoms with E-state index >= 15 is 0 Å². The van der Waals surface area contributed by atoms with E-state index in [4.69, 9.17) is 16.3 Å². The zero-order chi connectivity index (χ0) is 16.8. The van der Waals surface area contributed by atoms with E-state index in [0.717, 1.165) is 6.07 Å². The number of thioether (sulfide) groups is 1. The number of halogens is 5. The Balaban J connectivity index is 2.35. The molecule has 0 fully saturated rings. The molecule has 0 amide bonds. The molecule has 9 heteroatoms. The minimum Gasteiger partial charge on any atom is -0.612 e. The first kappa shape index (κ1) is 19.7. The van der Waals surface area contributed by atoms with Crippen LogP contribution >= 0.6 is 23.4 Å². The maximum Gasteiger partial charge on any atom is 0.441 e. The number of unbranched alkanes of at least 4 members (excludes halogenated alkanes) is 2. The van der Waals surface area contributed by atoms with Crippen molar-refractivity contribution in [3.8, 4) is 5.75 Å². The molecule has 22 heavy (non-hydrogen) atoms. The van der Waals surface area contributed by atoms with Crippen molar-refractivity contribution in [2.24, 2.45) is 0 Å². The summed E-state index contributed by atoms with van der Waals surface area (Å²) in [6.45, 7) is 0.172. The Labute approximate surface area is 138 Å². The fourth-order valence-corrected chi connectivity index (χ4v) is 3.26. The van der Waals surface area contributed by atoms with E-state index in [1.807, 2.05) is 0 Å². The van der Waals surface area contributed by atoms with Gasteiger partial charge in [0.25, 0.3) is 0 Å². The fourth-order valence-electron chi connectivity index (χ4n) is 1.59. The average molecular weight is 379 g/mol. The highest BCUT2D eigenvalue weighted by atomic mass is 35.5. The maximum absolute atomic E-state index is 13.6. The van der Waals surface area contributed by atoms with Crippen molar-refractivity contribution in [3.63, 3.8) is 0 Å². The predicted molar refractivity (Wildman–Crippen MR) is 81.6 cm³/mol.